The molecule has 2 unspecified atom stereocenters. The van der Waals surface area contributed by atoms with Gasteiger partial charge in [-0.25, -0.2) is 4.39 Å². The Kier molecular flexibility index (Phi) is 3.02. The van der Waals surface area contributed by atoms with E-state index in [-0.39, 0.29) is 23.6 Å². The minimum absolute atomic E-state index is 0.0318. The summed E-state index contributed by atoms with van der Waals surface area (Å²) in [4.78, 5) is 11.8. The van der Waals surface area contributed by atoms with Gasteiger partial charge in [0.05, 0.1) is 11.6 Å². The van der Waals surface area contributed by atoms with Crippen molar-refractivity contribution in [3.8, 4) is 0 Å². The summed E-state index contributed by atoms with van der Waals surface area (Å²) in [5.41, 5.74) is 1.49. The second kappa shape index (κ2) is 4.17. The molecule has 0 aromatic heterocycles. The van der Waals surface area contributed by atoms with E-state index in [1.807, 2.05) is 13.8 Å². The molecule has 1 N–H and O–H groups in total. The maximum Gasteiger partial charge on any atom is 0.232 e. The van der Waals surface area contributed by atoms with Gasteiger partial charge in [0.1, 0.15) is 5.82 Å². The smallest absolute Gasteiger partial charge is 0.232 e. The Morgan fingerprint density at radius 3 is 2.88 bits per heavy atom. The molecule has 1 heterocycles. The number of nitrogens with one attached hydrogen (secondary N) is 1. The van der Waals surface area contributed by atoms with Crippen molar-refractivity contribution in [1.29, 1.82) is 0 Å². The van der Waals surface area contributed by atoms with Crippen LogP contribution in [-0.4, -0.2) is 5.91 Å². The molecule has 0 aliphatic carbocycles. The van der Waals surface area contributed by atoms with E-state index in [9.17, 15) is 9.18 Å². The highest BCUT2D eigenvalue weighted by atomic mass is 79.9. The highest BCUT2D eigenvalue weighted by Crippen LogP contribution is 2.42. The van der Waals surface area contributed by atoms with E-state index in [4.69, 9.17) is 0 Å². The van der Waals surface area contributed by atoms with Crippen molar-refractivity contribution in [3.63, 3.8) is 0 Å². The standard InChI is InChI=1S/C12H13BrFNO/c1-3-6(2)10-8-4-7(14)5-9(13)11(8)15-12(10)16/h4-6,10H,3H2,1-2H3,(H,15,16). The number of carbonyl (C=O) groups is 1. The van der Waals surface area contributed by atoms with Gasteiger partial charge in [0.25, 0.3) is 0 Å². The summed E-state index contributed by atoms with van der Waals surface area (Å²) >= 11 is 3.27. The van der Waals surface area contributed by atoms with Gasteiger partial charge in [0.15, 0.2) is 0 Å². The highest BCUT2D eigenvalue weighted by molar-refractivity contribution is 9.10. The molecular weight excluding hydrogens is 273 g/mol. The highest BCUT2D eigenvalue weighted by Gasteiger charge is 2.35. The largest absolute Gasteiger partial charge is 0.324 e. The van der Waals surface area contributed by atoms with Gasteiger partial charge in [0.2, 0.25) is 5.91 Å². The summed E-state index contributed by atoms with van der Waals surface area (Å²) in [6.07, 6.45) is 0.895. The number of hydrogen-bond acceptors (Lipinski definition) is 1. The average Bonchev–Trinajstić information content (AvgIpc) is 2.54. The Balaban J connectivity index is 2.52. The number of hydrogen-bond donors (Lipinski definition) is 1. The number of halogens is 2. The van der Waals surface area contributed by atoms with Gasteiger partial charge < -0.3 is 5.32 Å². The summed E-state index contributed by atoms with van der Waals surface area (Å²) in [5.74, 6) is -0.354. The topological polar surface area (TPSA) is 29.1 Å². The molecule has 1 aromatic rings. The van der Waals surface area contributed by atoms with Crippen LogP contribution in [0.5, 0.6) is 0 Å². The van der Waals surface area contributed by atoms with Crippen LogP contribution in [0.15, 0.2) is 16.6 Å². The van der Waals surface area contributed by atoms with E-state index in [0.29, 0.717) is 4.47 Å². The molecule has 0 bridgehead atoms. The van der Waals surface area contributed by atoms with Gasteiger partial charge in [-0.05, 0) is 39.5 Å². The van der Waals surface area contributed by atoms with E-state index in [2.05, 4.69) is 21.2 Å². The molecule has 0 spiro atoms. The van der Waals surface area contributed by atoms with Crippen molar-refractivity contribution >= 4 is 27.5 Å². The lowest BCUT2D eigenvalue weighted by Gasteiger charge is -2.15. The molecule has 4 heteroatoms. The third kappa shape index (κ3) is 1.75. The van der Waals surface area contributed by atoms with Crippen LogP contribution in [0.4, 0.5) is 10.1 Å². The van der Waals surface area contributed by atoms with Crippen molar-refractivity contribution in [2.45, 2.75) is 26.2 Å². The van der Waals surface area contributed by atoms with Crippen LogP contribution in [0.2, 0.25) is 0 Å². The molecule has 2 rings (SSSR count). The number of anilines is 1. The van der Waals surface area contributed by atoms with Gasteiger partial charge in [-0.3, -0.25) is 4.79 Å². The van der Waals surface area contributed by atoms with Gasteiger partial charge in [-0.2, -0.15) is 0 Å². The third-order valence-electron chi connectivity index (χ3n) is 3.16. The normalized spacial score (nSPS) is 20.5. The quantitative estimate of drug-likeness (QED) is 0.883. The van der Waals surface area contributed by atoms with Gasteiger partial charge >= 0.3 is 0 Å². The molecule has 1 amide bonds. The maximum atomic E-state index is 13.3. The summed E-state index contributed by atoms with van der Waals surface area (Å²) in [6, 6.07) is 2.83. The second-order valence-corrected chi connectivity index (χ2v) is 5.06. The predicted octanol–water partition coefficient (Wildman–Crippen LogP) is 3.67. The first-order chi connectivity index (χ1) is 7.54. The number of amides is 1. The van der Waals surface area contributed by atoms with E-state index >= 15 is 0 Å². The zero-order chi connectivity index (χ0) is 11.9. The Morgan fingerprint density at radius 1 is 1.56 bits per heavy atom. The van der Waals surface area contributed by atoms with E-state index < -0.39 is 0 Å². The van der Waals surface area contributed by atoms with Crippen molar-refractivity contribution < 1.29 is 9.18 Å². The zero-order valence-electron chi connectivity index (χ0n) is 9.18. The van der Waals surface area contributed by atoms with Crippen LogP contribution in [0.3, 0.4) is 0 Å². The van der Waals surface area contributed by atoms with Crippen LogP contribution < -0.4 is 5.32 Å². The maximum absolute atomic E-state index is 13.3. The minimum Gasteiger partial charge on any atom is -0.324 e. The van der Waals surface area contributed by atoms with Crippen molar-refractivity contribution in [3.05, 3.63) is 28.0 Å². The van der Waals surface area contributed by atoms with Crippen molar-refractivity contribution in [1.82, 2.24) is 0 Å². The van der Waals surface area contributed by atoms with Crippen LogP contribution in [-0.2, 0) is 4.79 Å². The Hall–Kier alpha value is -0.900. The third-order valence-corrected chi connectivity index (χ3v) is 3.79. The number of carbonyl (C=O) groups excluding carboxylic acids is 1. The van der Waals surface area contributed by atoms with Gasteiger partial charge in [-0.15, -0.1) is 0 Å². The summed E-state index contributed by atoms with van der Waals surface area (Å²) in [6.45, 7) is 4.04. The summed E-state index contributed by atoms with van der Waals surface area (Å²) in [7, 11) is 0. The molecule has 0 saturated heterocycles. The minimum atomic E-state index is -0.310. The second-order valence-electron chi connectivity index (χ2n) is 4.20. The predicted molar refractivity (Wildman–Crippen MR) is 64.9 cm³/mol. The van der Waals surface area contributed by atoms with Crippen molar-refractivity contribution in [2.75, 3.05) is 5.32 Å². The van der Waals surface area contributed by atoms with Crippen LogP contribution in [0, 0.1) is 11.7 Å². The molecule has 2 nitrogen and oxygen atoms in total. The molecule has 0 saturated carbocycles. The SMILES string of the molecule is CCC(C)C1C(=O)Nc2c(Br)cc(F)cc21. The lowest BCUT2D eigenvalue weighted by Crippen LogP contribution is -2.18. The first-order valence-electron chi connectivity index (χ1n) is 5.34. The van der Waals surface area contributed by atoms with Crippen molar-refractivity contribution in [2.24, 2.45) is 5.92 Å². The van der Waals surface area contributed by atoms with Crippen LogP contribution in [0.25, 0.3) is 0 Å². The summed E-state index contributed by atoms with van der Waals surface area (Å²) in [5, 5.41) is 2.81. The fourth-order valence-electron chi connectivity index (χ4n) is 2.11. The molecule has 1 aliphatic rings. The molecular formula is C12H13BrFNO. The molecule has 86 valence electrons. The van der Waals surface area contributed by atoms with Gasteiger partial charge in [0, 0.05) is 4.47 Å². The molecule has 0 fully saturated rings. The molecule has 0 radical (unpaired) electrons. The average molecular weight is 286 g/mol. The Bertz CT molecular complexity index is 447. The number of rotatable bonds is 2. The summed E-state index contributed by atoms with van der Waals surface area (Å²) < 4.78 is 13.9. The molecule has 1 aromatic carbocycles. The first kappa shape index (κ1) is 11.6. The van der Waals surface area contributed by atoms with Crippen LogP contribution >= 0.6 is 15.9 Å². The Labute approximate surface area is 102 Å². The molecule has 1 aliphatic heterocycles. The number of benzene rings is 1. The Morgan fingerprint density at radius 2 is 2.25 bits per heavy atom. The zero-order valence-corrected chi connectivity index (χ0v) is 10.8. The molecule has 2 atom stereocenters. The fraction of sp³-hybridized carbons (Fsp3) is 0.417. The first-order valence-corrected chi connectivity index (χ1v) is 6.13. The fourth-order valence-corrected chi connectivity index (χ4v) is 2.66. The lowest BCUT2D eigenvalue weighted by molar-refractivity contribution is -0.118. The van der Waals surface area contributed by atoms with E-state index in [0.717, 1.165) is 17.7 Å². The van der Waals surface area contributed by atoms with E-state index in [1.165, 1.54) is 12.1 Å². The van der Waals surface area contributed by atoms with E-state index in [1.54, 1.807) is 0 Å². The molecule has 16 heavy (non-hydrogen) atoms. The number of fused-ring (bicyclic) bond motifs is 1. The van der Waals surface area contributed by atoms with Crippen LogP contribution in [0.1, 0.15) is 31.7 Å². The monoisotopic (exact) mass is 285 g/mol. The van der Waals surface area contributed by atoms with Gasteiger partial charge in [-0.1, -0.05) is 20.3 Å². The lowest BCUT2D eigenvalue weighted by atomic mass is 9.87.